The monoisotopic (exact) mass is 260 g/mol. The topological polar surface area (TPSA) is 15.6 Å². The van der Waals surface area contributed by atoms with Gasteiger partial charge in [-0.1, -0.05) is 12.1 Å². The fourth-order valence-electron chi connectivity index (χ4n) is 2.01. The van der Waals surface area contributed by atoms with E-state index in [0.717, 1.165) is 16.4 Å². The van der Waals surface area contributed by atoms with E-state index in [2.05, 4.69) is 47.2 Å². The molecule has 0 fully saturated rings. The molecule has 0 N–H and O–H groups in total. The molecular weight excluding hydrogens is 248 g/mol. The predicted octanol–water partition coefficient (Wildman–Crippen LogP) is 4.27. The molecule has 1 aromatic heterocycles. The van der Waals surface area contributed by atoms with Gasteiger partial charge in [-0.15, -0.1) is 23.1 Å². The van der Waals surface area contributed by atoms with E-state index in [1.54, 1.807) is 23.1 Å². The summed E-state index contributed by atoms with van der Waals surface area (Å²) in [5.74, 6) is 0. The van der Waals surface area contributed by atoms with E-state index in [4.69, 9.17) is 4.99 Å². The summed E-state index contributed by atoms with van der Waals surface area (Å²) in [5.41, 5.74) is 4.69. The molecule has 3 rings (SSSR count). The standard InChI is InChI=1S/C13H12N2S2/c1-15-11-6-4-3-5-10(11)14-13(16-2)9-7-17-8-12(9)15/h3-8H,1-2H3. The average Bonchev–Trinajstić information content (AvgIpc) is 2.81. The normalized spacial score (nSPS) is 13.8. The third kappa shape index (κ3) is 1.68. The summed E-state index contributed by atoms with van der Waals surface area (Å²) in [6.07, 6.45) is 2.08. The van der Waals surface area contributed by atoms with Gasteiger partial charge in [-0.25, -0.2) is 4.99 Å². The Morgan fingerprint density at radius 3 is 2.82 bits per heavy atom. The summed E-state index contributed by atoms with van der Waals surface area (Å²) in [5, 5.41) is 5.45. The zero-order valence-electron chi connectivity index (χ0n) is 9.68. The third-order valence-electron chi connectivity index (χ3n) is 2.89. The average molecular weight is 260 g/mol. The highest BCUT2D eigenvalue weighted by molar-refractivity contribution is 8.13. The minimum absolute atomic E-state index is 1.04. The van der Waals surface area contributed by atoms with Gasteiger partial charge in [0, 0.05) is 23.4 Å². The largest absolute Gasteiger partial charge is 0.342 e. The molecule has 0 saturated heterocycles. The number of anilines is 2. The molecule has 2 nitrogen and oxygen atoms in total. The summed E-state index contributed by atoms with van der Waals surface area (Å²) in [4.78, 5) is 6.98. The van der Waals surface area contributed by atoms with Gasteiger partial charge in [0.05, 0.1) is 17.1 Å². The number of rotatable bonds is 0. The number of hydrogen-bond donors (Lipinski definition) is 0. The van der Waals surface area contributed by atoms with Crippen LogP contribution in [-0.4, -0.2) is 18.3 Å². The zero-order valence-corrected chi connectivity index (χ0v) is 11.3. The van der Waals surface area contributed by atoms with Gasteiger partial charge in [-0.3, -0.25) is 0 Å². The molecular formula is C13H12N2S2. The number of thioether (sulfide) groups is 1. The van der Waals surface area contributed by atoms with Gasteiger partial charge < -0.3 is 4.90 Å². The maximum atomic E-state index is 4.77. The van der Waals surface area contributed by atoms with Gasteiger partial charge in [-0.2, -0.15) is 0 Å². The molecule has 2 heterocycles. The van der Waals surface area contributed by atoms with E-state index in [0.29, 0.717) is 0 Å². The minimum atomic E-state index is 1.04. The third-order valence-corrected chi connectivity index (χ3v) is 4.32. The number of benzene rings is 1. The maximum Gasteiger partial charge on any atom is 0.107 e. The van der Waals surface area contributed by atoms with E-state index in [-0.39, 0.29) is 0 Å². The Labute approximate surface area is 109 Å². The summed E-state index contributed by atoms with van der Waals surface area (Å²) >= 11 is 3.43. The SMILES string of the molecule is CSC1=Nc2ccccc2N(C)c2cscc21. The Hall–Kier alpha value is -1.26. The fraction of sp³-hybridized carbons (Fsp3) is 0.154. The molecule has 0 radical (unpaired) electrons. The van der Waals surface area contributed by atoms with Crippen LogP contribution in [-0.2, 0) is 0 Å². The van der Waals surface area contributed by atoms with Crippen molar-refractivity contribution in [3.8, 4) is 0 Å². The minimum Gasteiger partial charge on any atom is -0.342 e. The van der Waals surface area contributed by atoms with Gasteiger partial charge in [0.15, 0.2) is 0 Å². The zero-order chi connectivity index (χ0) is 11.8. The van der Waals surface area contributed by atoms with Crippen molar-refractivity contribution in [2.24, 2.45) is 4.99 Å². The number of para-hydroxylation sites is 2. The molecule has 0 saturated carbocycles. The smallest absolute Gasteiger partial charge is 0.107 e. The molecule has 0 atom stereocenters. The van der Waals surface area contributed by atoms with Crippen LogP contribution in [0.1, 0.15) is 5.56 Å². The van der Waals surface area contributed by atoms with Crippen LogP contribution in [0.2, 0.25) is 0 Å². The van der Waals surface area contributed by atoms with Crippen molar-refractivity contribution in [3.05, 3.63) is 40.6 Å². The molecule has 0 aliphatic carbocycles. The highest BCUT2D eigenvalue weighted by atomic mass is 32.2. The summed E-state index contributed by atoms with van der Waals surface area (Å²) in [7, 11) is 2.10. The quantitative estimate of drug-likeness (QED) is 0.703. The first-order chi connectivity index (χ1) is 8.31. The first-order valence-corrected chi connectivity index (χ1v) is 7.50. The molecule has 1 aliphatic rings. The molecule has 2 aromatic rings. The van der Waals surface area contributed by atoms with Crippen molar-refractivity contribution in [2.45, 2.75) is 0 Å². The van der Waals surface area contributed by atoms with Crippen molar-refractivity contribution in [1.82, 2.24) is 0 Å². The van der Waals surface area contributed by atoms with Crippen LogP contribution in [0.25, 0.3) is 0 Å². The summed E-state index contributed by atoms with van der Waals surface area (Å²) in [6, 6.07) is 8.27. The molecule has 0 bridgehead atoms. The lowest BCUT2D eigenvalue weighted by molar-refractivity contribution is 1.22. The molecule has 0 unspecified atom stereocenters. The predicted molar refractivity (Wildman–Crippen MR) is 78.5 cm³/mol. The van der Waals surface area contributed by atoms with Crippen molar-refractivity contribution < 1.29 is 0 Å². The van der Waals surface area contributed by atoms with Gasteiger partial charge >= 0.3 is 0 Å². The second kappa shape index (κ2) is 4.20. The second-order valence-electron chi connectivity index (χ2n) is 3.84. The van der Waals surface area contributed by atoms with Crippen molar-refractivity contribution >= 4 is 45.2 Å². The molecule has 4 heteroatoms. The van der Waals surface area contributed by atoms with Crippen LogP contribution in [0, 0.1) is 0 Å². The highest BCUT2D eigenvalue weighted by Gasteiger charge is 2.20. The van der Waals surface area contributed by atoms with Crippen LogP contribution in [0.5, 0.6) is 0 Å². The van der Waals surface area contributed by atoms with Crippen LogP contribution in [0.15, 0.2) is 40.0 Å². The van der Waals surface area contributed by atoms with Crippen LogP contribution in [0.4, 0.5) is 17.1 Å². The van der Waals surface area contributed by atoms with Crippen LogP contribution < -0.4 is 4.90 Å². The Kier molecular flexibility index (Phi) is 2.68. The first kappa shape index (κ1) is 10.9. The number of hydrogen-bond acceptors (Lipinski definition) is 4. The van der Waals surface area contributed by atoms with Gasteiger partial charge in [0.25, 0.3) is 0 Å². The number of thiophene rings is 1. The van der Waals surface area contributed by atoms with Gasteiger partial charge in [-0.05, 0) is 18.4 Å². The van der Waals surface area contributed by atoms with Crippen LogP contribution in [0.3, 0.4) is 0 Å². The van der Waals surface area contributed by atoms with Gasteiger partial charge in [0.1, 0.15) is 5.04 Å². The Morgan fingerprint density at radius 2 is 2.00 bits per heavy atom. The molecule has 17 heavy (non-hydrogen) atoms. The van der Waals surface area contributed by atoms with E-state index >= 15 is 0 Å². The summed E-state index contributed by atoms with van der Waals surface area (Å²) in [6.45, 7) is 0. The second-order valence-corrected chi connectivity index (χ2v) is 5.38. The van der Waals surface area contributed by atoms with E-state index in [1.807, 2.05) is 6.07 Å². The Morgan fingerprint density at radius 1 is 1.18 bits per heavy atom. The van der Waals surface area contributed by atoms with E-state index < -0.39 is 0 Å². The van der Waals surface area contributed by atoms with Crippen molar-refractivity contribution in [3.63, 3.8) is 0 Å². The lowest BCUT2D eigenvalue weighted by Crippen LogP contribution is -2.09. The maximum absolute atomic E-state index is 4.77. The molecule has 86 valence electrons. The fourth-order valence-corrected chi connectivity index (χ4v) is 3.51. The molecule has 0 spiro atoms. The van der Waals surface area contributed by atoms with Crippen LogP contribution >= 0.6 is 23.1 Å². The van der Waals surface area contributed by atoms with E-state index in [1.165, 1.54) is 11.3 Å². The molecule has 1 aromatic carbocycles. The van der Waals surface area contributed by atoms with E-state index in [9.17, 15) is 0 Å². The van der Waals surface area contributed by atoms with Crippen molar-refractivity contribution in [2.75, 3.05) is 18.2 Å². The molecule has 1 aliphatic heterocycles. The lowest BCUT2D eigenvalue weighted by atomic mass is 10.2. The number of aliphatic imine (C=N–C) groups is 1. The lowest BCUT2D eigenvalue weighted by Gasteiger charge is -2.18. The van der Waals surface area contributed by atoms with Crippen molar-refractivity contribution in [1.29, 1.82) is 0 Å². The highest BCUT2D eigenvalue weighted by Crippen LogP contribution is 2.41. The van der Waals surface area contributed by atoms with Gasteiger partial charge in [0.2, 0.25) is 0 Å². The molecule has 0 amide bonds. The first-order valence-electron chi connectivity index (χ1n) is 5.33. The Bertz CT molecular complexity index is 587. The number of nitrogens with zero attached hydrogens (tertiary/aromatic N) is 2. The summed E-state index contributed by atoms with van der Waals surface area (Å²) < 4.78 is 0. The number of fused-ring (bicyclic) bond motifs is 2. The Balaban J connectivity index is 2.29.